The monoisotopic (exact) mass is 265 g/mol. The lowest BCUT2D eigenvalue weighted by Gasteiger charge is -2.44. The molecular weight excluding hydrogens is 238 g/mol. The van der Waals surface area contributed by atoms with Crippen molar-refractivity contribution in [1.29, 1.82) is 0 Å². The van der Waals surface area contributed by atoms with E-state index in [9.17, 15) is 4.79 Å². The van der Waals surface area contributed by atoms with Crippen LogP contribution in [0, 0.1) is 0 Å². The second-order valence-electron chi connectivity index (χ2n) is 6.36. The Morgan fingerprint density at radius 1 is 1.11 bits per heavy atom. The average molecular weight is 265 g/mol. The molecule has 0 aromatic rings. The van der Waals surface area contributed by atoms with Crippen molar-refractivity contribution in [3.05, 3.63) is 0 Å². The minimum absolute atomic E-state index is 0.388. The van der Waals surface area contributed by atoms with Gasteiger partial charge in [0.25, 0.3) is 0 Å². The quantitative estimate of drug-likeness (QED) is 0.833. The first-order valence-electron chi connectivity index (χ1n) is 8.08. The number of rotatable bonds is 3. The van der Waals surface area contributed by atoms with Crippen LogP contribution in [0.1, 0.15) is 44.9 Å². The van der Waals surface area contributed by atoms with Crippen LogP contribution in [0.5, 0.6) is 0 Å². The minimum Gasteiger partial charge on any atom is -0.340 e. The summed E-state index contributed by atoms with van der Waals surface area (Å²) in [6, 6.07) is 1.25. The van der Waals surface area contributed by atoms with Crippen molar-refractivity contribution in [2.24, 2.45) is 0 Å². The van der Waals surface area contributed by atoms with E-state index in [2.05, 4.69) is 15.1 Å². The first-order chi connectivity index (χ1) is 9.33. The Balaban J connectivity index is 1.44. The fourth-order valence-electron chi connectivity index (χ4n) is 3.84. The molecule has 3 rings (SSSR count). The van der Waals surface area contributed by atoms with Crippen molar-refractivity contribution in [1.82, 2.24) is 15.1 Å². The molecule has 3 aliphatic heterocycles. The fraction of sp³-hybridized carbons (Fsp3) is 0.933. The van der Waals surface area contributed by atoms with E-state index in [0.717, 1.165) is 39.0 Å². The van der Waals surface area contributed by atoms with Crippen LogP contribution in [0.25, 0.3) is 0 Å². The number of hydrogen-bond donors (Lipinski definition) is 1. The molecule has 3 heterocycles. The van der Waals surface area contributed by atoms with Crippen LogP contribution in [-0.2, 0) is 4.79 Å². The van der Waals surface area contributed by atoms with Gasteiger partial charge >= 0.3 is 0 Å². The summed E-state index contributed by atoms with van der Waals surface area (Å²) in [5.41, 5.74) is 0. The number of piperazine rings is 1. The Bertz CT molecular complexity index is 315. The fourth-order valence-corrected chi connectivity index (χ4v) is 3.84. The topological polar surface area (TPSA) is 35.6 Å². The van der Waals surface area contributed by atoms with E-state index >= 15 is 0 Å². The van der Waals surface area contributed by atoms with Gasteiger partial charge in [-0.15, -0.1) is 0 Å². The highest BCUT2D eigenvalue weighted by Gasteiger charge is 2.30. The molecule has 0 aliphatic carbocycles. The molecule has 0 bridgehead atoms. The highest BCUT2D eigenvalue weighted by molar-refractivity contribution is 5.76. The SMILES string of the molecule is O=C(CCC1CCCN1)N1CCN2CCCCC2C1. The Kier molecular flexibility index (Phi) is 4.38. The van der Waals surface area contributed by atoms with E-state index in [4.69, 9.17) is 0 Å². The van der Waals surface area contributed by atoms with Gasteiger partial charge in [-0.05, 0) is 45.2 Å². The Morgan fingerprint density at radius 3 is 2.89 bits per heavy atom. The molecule has 108 valence electrons. The minimum atomic E-state index is 0.388. The lowest BCUT2D eigenvalue weighted by Crippen LogP contribution is -2.56. The number of carbonyl (C=O) groups excluding carboxylic acids is 1. The van der Waals surface area contributed by atoms with E-state index < -0.39 is 0 Å². The summed E-state index contributed by atoms with van der Waals surface area (Å²) in [6.45, 7) is 5.42. The van der Waals surface area contributed by atoms with Crippen LogP contribution >= 0.6 is 0 Å². The highest BCUT2D eigenvalue weighted by Crippen LogP contribution is 2.22. The zero-order chi connectivity index (χ0) is 13.1. The van der Waals surface area contributed by atoms with Gasteiger partial charge in [-0.2, -0.15) is 0 Å². The zero-order valence-corrected chi connectivity index (χ0v) is 11.9. The summed E-state index contributed by atoms with van der Waals surface area (Å²) in [5.74, 6) is 0.388. The molecule has 1 amide bonds. The second kappa shape index (κ2) is 6.23. The lowest BCUT2D eigenvalue weighted by molar-refractivity contribution is -0.134. The van der Waals surface area contributed by atoms with Gasteiger partial charge in [0.15, 0.2) is 0 Å². The van der Waals surface area contributed by atoms with Crippen LogP contribution in [0.4, 0.5) is 0 Å². The van der Waals surface area contributed by atoms with Gasteiger partial charge < -0.3 is 10.2 Å². The van der Waals surface area contributed by atoms with E-state index in [1.54, 1.807) is 0 Å². The molecule has 2 atom stereocenters. The molecule has 3 fully saturated rings. The molecule has 3 saturated heterocycles. The predicted octanol–water partition coefficient (Wildman–Crippen LogP) is 1.22. The number of carbonyl (C=O) groups is 1. The van der Waals surface area contributed by atoms with Crippen molar-refractivity contribution < 1.29 is 4.79 Å². The normalized spacial score (nSPS) is 32.3. The molecule has 0 aromatic heterocycles. The van der Waals surface area contributed by atoms with Crippen LogP contribution < -0.4 is 5.32 Å². The summed E-state index contributed by atoms with van der Waals surface area (Å²) in [6.07, 6.45) is 8.28. The van der Waals surface area contributed by atoms with Crippen LogP contribution in [0.15, 0.2) is 0 Å². The number of nitrogens with zero attached hydrogens (tertiary/aromatic N) is 2. The third-order valence-corrected chi connectivity index (χ3v) is 5.06. The van der Waals surface area contributed by atoms with Crippen molar-refractivity contribution in [3.8, 4) is 0 Å². The van der Waals surface area contributed by atoms with E-state index in [1.165, 1.54) is 38.6 Å². The first kappa shape index (κ1) is 13.4. The Morgan fingerprint density at radius 2 is 2.05 bits per heavy atom. The lowest BCUT2D eigenvalue weighted by atomic mass is 9.99. The standard InChI is InChI=1S/C15H27N3O/c19-15(7-6-13-4-3-8-16-13)18-11-10-17-9-2-1-5-14(17)12-18/h13-14,16H,1-12H2. The van der Waals surface area contributed by atoms with Gasteiger partial charge in [0.05, 0.1) is 0 Å². The molecule has 19 heavy (non-hydrogen) atoms. The molecule has 1 N–H and O–H groups in total. The molecule has 2 unspecified atom stereocenters. The smallest absolute Gasteiger partial charge is 0.222 e. The van der Waals surface area contributed by atoms with Gasteiger partial charge in [-0.3, -0.25) is 9.69 Å². The third kappa shape index (κ3) is 3.29. The van der Waals surface area contributed by atoms with Crippen molar-refractivity contribution >= 4 is 5.91 Å². The molecule has 3 aliphatic rings. The molecular formula is C15H27N3O. The third-order valence-electron chi connectivity index (χ3n) is 5.06. The Labute approximate surface area is 116 Å². The second-order valence-corrected chi connectivity index (χ2v) is 6.36. The van der Waals surface area contributed by atoms with E-state index in [1.807, 2.05) is 0 Å². The maximum atomic E-state index is 12.3. The molecule has 4 nitrogen and oxygen atoms in total. The number of nitrogens with one attached hydrogen (secondary N) is 1. The number of fused-ring (bicyclic) bond motifs is 1. The Hall–Kier alpha value is -0.610. The summed E-state index contributed by atoms with van der Waals surface area (Å²) >= 11 is 0. The van der Waals surface area contributed by atoms with Gasteiger partial charge in [0, 0.05) is 38.1 Å². The number of piperidine rings is 1. The average Bonchev–Trinajstić information content (AvgIpc) is 2.97. The van der Waals surface area contributed by atoms with Gasteiger partial charge in [-0.1, -0.05) is 6.42 Å². The van der Waals surface area contributed by atoms with E-state index in [0.29, 0.717) is 18.0 Å². The van der Waals surface area contributed by atoms with Crippen LogP contribution in [-0.4, -0.2) is 60.5 Å². The van der Waals surface area contributed by atoms with Gasteiger partial charge in [0.1, 0.15) is 0 Å². The summed E-state index contributed by atoms with van der Waals surface area (Å²) in [5, 5.41) is 3.48. The molecule has 4 heteroatoms. The van der Waals surface area contributed by atoms with Crippen LogP contribution in [0.2, 0.25) is 0 Å². The van der Waals surface area contributed by atoms with Crippen molar-refractivity contribution in [3.63, 3.8) is 0 Å². The van der Waals surface area contributed by atoms with Gasteiger partial charge in [0.2, 0.25) is 5.91 Å². The first-order valence-corrected chi connectivity index (χ1v) is 8.08. The summed E-state index contributed by atoms with van der Waals surface area (Å²) in [7, 11) is 0. The van der Waals surface area contributed by atoms with Gasteiger partial charge in [-0.25, -0.2) is 0 Å². The van der Waals surface area contributed by atoms with E-state index in [-0.39, 0.29) is 0 Å². The predicted molar refractivity (Wildman–Crippen MR) is 76.1 cm³/mol. The maximum Gasteiger partial charge on any atom is 0.222 e. The molecule has 0 aromatic carbocycles. The zero-order valence-electron chi connectivity index (χ0n) is 11.9. The largest absolute Gasteiger partial charge is 0.340 e. The number of amides is 1. The molecule has 0 radical (unpaired) electrons. The summed E-state index contributed by atoms with van der Waals surface area (Å²) < 4.78 is 0. The molecule has 0 saturated carbocycles. The van der Waals surface area contributed by atoms with Crippen molar-refractivity contribution in [2.75, 3.05) is 32.7 Å². The summed E-state index contributed by atoms with van der Waals surface area (Å²) in [4.78, 5) is 17.0. The maximum absolute atomic E-state index is 12.3. The molecule has 0 spiro atoms. The van der Waals surface area contributed by atoms with Crippen LogP contribution in [0.3, 0.4) is 0 Å². The highest BCUT2D eigenvalue weighted by atomic mass is 16.2. The van der Waals surface area contributed by atoms with Crippen molar-refractivity contribution in [2.45, 2.75) is 57.0 Å². The number of hydrogen-bond acceptors (Lipinski definition) is 3.